The Labute approximate surface area is 117 Å². The van der Waals surface area contributed by atoms with Crippen LogP contribution in [-0.2, 0) is 4.74 Å². The van der Waals surface area contributed by atoms with Gasteiger partial charge in [-0.2, -0.15) is 5.26 Å². The van der Waals surface area contributed by atoms with Gasteiger partial charge >= 0.3 is 0 Å². The molecule has 4 heteroatoms. The summed E-state index contributed by atoms with van der Waals surface area (Å²) in [6, 6.07) is 3.42. The van der Waals surface area contributed by atoms with Crippen molar-refractivity contribution in [2.75, 3.05) is 26.3 Å². The van der Waals surface area contributed by atoms with Crippen LogP contribution in [0, 0.1) is 17.2 Å². The summed E-state index contributed by atoms with van der Waals surface area (Å²) in [5.74, 6) is 0.528. The molecule has 4 nitrogen and oxygen atoms in total. The standard InChI is InChI=1S/C15H27N3O/c1-4-14-9-19-8-7-18(14)11-15(10-16,13-5-6-13)17-12(2)3/h12-14,17H,4-9,11H2,1-3H3. The summed E-state index contributed by atoms with van der Waals surface area (Å²) in [5.41, 5.74) is -0.362. The molecule has 0 spiro atoms. The van der Waals surface area contributed by atoms with Crippen LogP contribution < -0.4 is 5.32 Å². The van der Waals surface area contributed by atoms with Crippen LogP contribution in [0.2, 0.25) is 0 Å². The average Bonchev–Trinajstić information content (AvgIpc) is 3.22. The van der Waals surface area contributed by atoms with Gasteiger partial charge in [-0.1, -0.05) is 6.92 Å². The molecule has 1 aliphatic carbocycles. The van der Waals surface area contributed by atoms with Crippen LogP contribution in [0.25, 0.3) is 0 Å². The van der Waals surface area contributed by atoms with Crippen LogP contribution in [0.3, 0.4) is 0 Å². The smallest absolute Gasteiger partial charge is 0.122 e. The second kappa shape index (κ2) is 6.21. The fraction of sp³-hybridized carbons (Fsp3) is 0.933. The third-order valence-electron chi connectivity index (χ3n) is 4.29. The van der Waals surface area contributed by atoms with Crippen molar-refractivity contribution in [3.63, 3.8) is 0 Å². The molecular weight excluding hydrogens is 238 g/mol. The number of nitriles is 1. The Morgan fingerprint density at radius 1 is 1.47 bits per heavy atom. The molecular formula is C15H27N3O. The minimum Gasteiger partial charge on any atom is -0.378 e. The van der Waals surface area contributed by atoms with Gasteiger partial charge in [-0.05, 0) is 39.0 Å². The van der Waals surface area contributed by atoms with Crippen molar-refractivity contribution >= 4 is 0 Å². The van der Waals surface area contributed by atoms with Gasteiger partial charge in [-0.25, -0.2) is 0 Å². The predicted molar refractivity (Wildman–Crippen MR) is 75.8 cm³/mol. The lowest BCUT2D eigenvalue weighted by Gasteiger charge is -2.41. The highest BCUT2D eigenvalue weighted by Gasteiger charge is 2.47. The third-order valence-corrected chi connectivity index (χ3v) is 4.29. The molecule has 1 saturated carbocycles. The summed E-state index contributed by atoms with van der Waals surface area (Å²) in [5, 5.41) is 13.3. The molecule has 2 unspecified atom stereocenters. The maximum Gasteiger partial charge on any atom is 0.122 e. The van der Waals surface area contributed by atoms with E-state index >= 15 is 0 Å². The van der Waals surface area contributed by atoms with E-state index in [1.165, 1.54) is 12.8 Å². The number of nitrogens with one attached hydrogen (secondary N) is 1. The van der Waals surface area contributed by atoms with Gasteiger partial charge in [-0.15, -0.1) is 0 Å². The second-order valence-corrected chi connectivity index (χ2v) is 6.26. The largest absolute Gasteiger partial charge is 0.378 e. The van der Waals surface area contributed by atoms with E-state index in [1.54, 1.807) is 0 Å². The van der Waals surface area contributed by atoms with Gasteiger partial charge in [0.1, 0.15) is 5.54 Å². The van der Waals surface area contributed by atoms with E-state index in [0.29, 0.717) is 18.0 Å². The molecule has 2 fully saturated rings. The van der Waals surface area contributed by atoms with Crippen molar-refractivity contribution in [2.45, 2.75) is 57.7 Å². The van der Waals surface area contributed by atoms with E-state index in [4.69, 9.17) is 4.74 Å². The van der Waals surface area contributed by atoms with Crippen molar-refractivity contribution < 1.29 is 4.74 Å². The fourth-order valence-corrected chi connectivity index (χ4v) is 3.14. The van der Waals surface area contributed by atoms with E-state index in [1.807, 2.05) is 0 Å². The summed E-state index contributed by atoms with van der Waals surface area (Å²) >= 11 is 0. The van der Waals surface area contributed by atoms with Crippen molar-refractivity contribution in [1.29, 1.82) is 5.26 Å². The number of rotatable bonds is 6. The van der Waals surface area contributed by atoms with Gasteiger partial charge in [-0.3, -0.25) is 10.2 Å². The molecule has 2 aliphatic rings. The topological polar surface area (TPSA) is 48.3 Å². The molecule has 0 amide bonds. The zero-order valence-electron chi connectivity index (χ0n) is 12.5. The van der Waals surface area contributed by atoms with E-state index < -0.39 is 0 Å². The molecule has 19 heavy (non-hydrogen) atoms. The Bertz CT molecular complexity index is 335. The normalized spacial score (nSPS) is 28.1. The highest BCUT2D eigenvalue weighted by atomic mass is 16.5. The highest BCUT2D eigenvalue weighted by molar-refractivity contribution is 5.17. The Kier molecular flexibility index (Phi) is 4.83. The summed E-state index contributed by atoms with van der Waals surface area (Å²) < 4.78 is 5.56. The number of hydrogen-bond acceptors (Lipinski definition) is 4. The number of morpholine rings is 1. The Balaban J connectivity index is 2.08. The van der Waals surface area contributed by atoms with Crippen molar-refractivity contribution in [2.24, 2.45) is 5.92 Å². The summed E-state index contributed by atoms with van der Waals surface area (Å²) in [4.78, 5) is 2.46. The average molecular weight is 265 g/mol. The molecule has 0 radical (unpaired) electrons. The molecule has 2 atom stereocenters. The monoisotopic (exact) mass is 265 g/mol. The molecule has 0 bridgehead atoms. The predicted octanol–water partition coefficient (Wildman–Crippen LogP) is 1.77. The van der Waals surface area contributed by atoms with Gasteiger partial charge in [0.05, 0.1) is 19.3 Å². The van der Waals surface area contributed by atoms with Gasteiger partial charge in [0.2, 0.25) is 0 Å². The summed E-state index contributed by atoms with van der Waals surface area (Å²) in [7, 11) is 0. The fourth-order valence-electron chi connectivity index (χ4n) is 3.14. The molecule has 0 aromatic rings. The van der Waals surface area contributed by atoms with Crippen LogP contribution in [0.5, 0.6) is 0 Å². The van der Waals surface area contributed by atoms with Crippen molar-refractivity contribution in [3.05, 3.63) is 0 Å². The van der Waals surface area contributed by atoms with Crippen LogP contribution in [-0.4, -0.2) is 48.8 Å². The van der Waals surface area contributed by atoms with Gasteiger partial charge in [0.25, 0.3) is 0 Å². The molecule has 1 saturated heterocycles. The lowest BCUT2D eigenvalue weighted by molar-refractivity contribution is -0.0192. The zero-order chi connectivity index (χ0) is 13.9. The quantitative estimate of drug-likeness (QED) is 0.795. The minimum atomic E-state index is -0.362. The van der Waals surface area contributed by atoms with Crippen LogP contribution in [0.15, 0.2) is 0 Å². The lowest BCUT2D eigenvalue weighted by Crippen LogP contribution is -2.60. The molecule has 2 rings (SSSR count). The number of ether oxygens (including phenoxy) is 1. The maximum absolute atomic E-state index is 9.76. The van der Waals surface area contributed by atoms with Crippen LogP contribution in [0.1, 0.15) is 40.0 Å². The zero-order valence-corrected chi connectivity index (χ0v) is 12.5. The molecule has 1 heterocycles. The maximum atomic E-state index is 9.76. The van der Waals surface area contributed by atoms with E-state index in [9.17, 15) is 5.26 Å². The second-order valence-electron chi connectivity index (χ2n) is 6.26. The van der Waals surface area contributed by atoms with E-state index in [-0.39, 0.29) is 5.54 Å². The summed E-state index contributed by atoms with van der Waals surface area (Å²) in [6.45, 7) is 9.86. The molecule has 0 aromatic carbocycles. The van der Waals surface area contributed by atoms with Crippen LogP contribution in [0.4, 0.5) is 0 Å². The first-order valence-corrected chi connectivity index (χ1v) is 7.62. The summed E-state index contributed by atoms with van der Waals surface area (Å²) in [6.07, 6.45) is 3.47. The SMILES string of the molecule is CCC1COCCN1CC(C#N)(NC(C)C)C1CC1. The van der Waals surface area contributed by atoms with Gasteiger partial charge < -0.3 is 4.74 Å². The Hall–Kier alpha value is -0.630. The van der Waals surface area contributed by atoms with Gasteiger partial charge in [0, 0.05) is 25.2 Å². The third kappa shape index (κ3) is 3.47. The minimum absolute atomic E-state index is 0.348. The molecule has 108 valence electrons. The first-order valence-electron chi connectivity index (χ1n) is 7.62. The van der Waals surface area contributed by atoms with Crippen LogP contribution >= 0.6 is 0 Å². The molecule has 1 N–H and O–H groups in total. The molecule has 0 aromatic heterocycles. The van der Waals surface area contributed by atoms with Gasteiger partial charge in [0.15, 0.2) is 0 Å². The van der Waals surface area contributed by atoms with E-state index in [0.717, 1.165) is 32.7 Å². The first-order chi connectivity index (χ1) is 9.11. The number of hydrogen-bond donors (Lipinski definition) is 1. The number of nitrogens with zero attached hydrogens (tertiary/aromatic N) is 2. The van der Waals surface area contributed by atoms with Crippen molar-refractivity contribution in [3.8, 4) is 6.07 Å². The Morgan fingerprint density at radius 2 is 2.21 bits per heavy atom. The Morgan fingerprint density at radius 3 is 2.74 bits per heavy atom. The van der Waals surface area contributed by atoms with E-state index in [2.05, 4.69) is 37.1 Å². The highest BCUT2D eigenvalue weighted by Crippen LogP contribution is 2.40. The lowest BCUT2D eigenvalue weighted by atomic mass is 9.92. The first kappa shape index (κ1) is 14.8. The van der Waals surface area contributed by atoms with Crippen molar-refractivity contribution in [1.82, 2.24) is 10.2 Å². The molecule has 1 aliphatic heterocycles.